The lowest BCUT2D eigenvalue weighted by Gasteiger charge is -2.36. The van der Waals surface area contributed by atoms with E-state index in [2.05, 4.69) is 20.8 Å². The normalized spacial score (nSPS) is 16.4. The highest BCUT2D eigenvalue weighted by Crippen LogP contribution is 2.38. The molecule has 8 nitrogen and oxygen atoms in total. The first-order valence-electron chi connectivity index (χ1n) is 13.5. The van der Waals surface area contributed by atoms with Crippen molar-refractivity contribution in [2.45, 2.75) is 13.5 Å². The van der Waals surface area contributed by atoms with Gasteiger partial charge in [-0.3, -0.25) is 19.3 Å². The third-order valence-corrected chi connectivity index (χ3v) is 8.72. The van der Waals surface area contributed by atoms with Gasteiger partial charge < -0.3 is 19.3 Å². The monoisotopic (exact) mass is 669 g/mol. The number of hydrogen-bond donors (Lipinski definition) is 0. The highest BCUT2D eigenvalue weighted by Gasteiger charge is 2.37. The highest BCUT2D eigenvalue weighted by atomic mass is 79.9. The number of thioether (sulfide) groups is 1. The number of rotatable bonds is 9. The molecule has 2 saturated heterocycles. The zero-order valence-electron chi connectivity index (χ0n) is 22.9. The van der Waals surface area contributed by atoms with Crippen LogP contribution in [0.5, 0.6) is 11.5 Å². The number of imide groups is 1. The molecular weight excluding hydrogens is 642 g/mol. The number of anilines is 1. The topological polar surface area (TPSA) is 79.4 Å². The molecule has 2 heterocycles. The predicted octanol–water partition coefficient (Wildman–Crippen LogP) is 6.47. The number of carbonyl (C=O) groups is 3. The number of nitrogens with zero attached hydrogens (tertiary/aromatic N) is 3. The van der Waals surface area contributed by atoms with Crippen LogP contribution in [0.2, 0.25) is 5.02 Å². The van der Waals surface area contributed by atoms with E-state index >= 15 is 0 Å². The molecule has 0 atom stereocenters. The van der Waals surface area contributed by atoms with Gasteiger partial charge in [0.15, 0.2) is 11.5 Å². The molecule has 2 fully saturated rings. The van der Waals surface area contributed by atoms with Gasteiger partial charge in [0, 0.05) is 41.4 Å². The van der Waals surface area contributed by atoms with Crippen molar-refractivity contribution in [3.63, 3.8) is 0 Å². The van der Waals surface area contributed by atoms with Crippen LogP contribution in [0.3, 0.4) is 0 Å². The summed E-state index contributed by atoms with van der Waals surface area (Å²) in [7, 11) is 0. The lowest BCUT2D eigenvalue weighted by molar-refractivity contribution is -0.136. The van der Waals surface area contributed by atoms with Crippen molar-refractivity contribution >= 4 is 68.1 Å². The van der Waals surface area contributed by atoms with Gasteiger partial charge in [-0.1, -0.05) is 57.9 Å². The minimum Gasteiger partial charge on any atom is -0.490 e. The zero-order chi connectivity index (χ0) is 29.6. The van der Waals surface area contributed by atoms with E-state index in [0.29, 0.717) is 66.0 Å². The second-order valence-corrected chi connectivity index (χ2v) is 11.9. The van der Waals surface area contributed by atoms with Crippen molar-refractivity contribution in [3.05, 3.63) is 92.3 Å². The summed E-state index contributed by atoms with van der Waals surface area (Å²) in [6, 6.07) is 20.9. The van der Waals surface area contributed by atoms with Crippen molar-refractivity contribution in [2.24, 2.45) is 0 Å². The van der Waals surface area contributed by atoms with Gasteiger partial charge in [0.25, 0.3) is 11.1 Å². The number of para-hydroxylation sites is 1. The van der Waals surface area contributed by atoms with E-state index in [0.717, 1.165) is 27.9 Å². The molecule has 2 aliphatic heterocycles. The van der Waals surface area contributed by atoms with Crippen molar-refractivity contribution in [1.29, 1.82) is 0 Å². The molecule has 0 spiro atoms. The second-order valence-electron chi connectivity index (χ2n) is 9.64. The molecule has 11 heteroatoms. The summed E-state index contributed by atoms with van der Waals surface area (Å²) in [4.78, 5) is 44.2. The van der Waals surface area contributed by atoms with E-state index in [1.54, 1.807) is 35.2 Å². The number of hydrogen-bond acceptors (Lipinski definition) is 7. The summed E-state index contributed by atoms with van der Waals surface area (Å²) in [5.74, 6) is 0.300. The van der Waals surface area contributed by atoms with E-state index in [1.807, 2.05) is 49.4 Å². The molecule has 0 N–H and O–H groups in total. The van der Waals surface area contributed by atoms with Gasteiger partial charge in [0.2, 0.25) is 5.91 Å². The first-order chi connectivity index (χ1) is 20.3. The quantitative estimate of drug-likeness (QED) is 0.242. The van der Waals surface area contributed by atoms with Crippen molar-refractivity contribution in [3.8, 4) is 11.5 Å². The van der Waals surface area contributed by atoms with Crippen LogP contribution in [0.25, 0.3) is 6.08 Å². The molecule has 5 rings (SSSR count). The van der Waals surface area contributed by atoms with Gasteiger partial charge in [-0.2, -0.15) is 0 Å². The van der Waals surface area contributed by atoms with Crippen molar-refractivity contribution < 1.29 is 23.9 Å². The molecule has 0 aliphatic carbocycles. The van der Waals surface area contributed by atoms with E-state index < -0.39 is 11.1 Å². The summed E-state index contributed by atoms with van der Waals surface area (Å²) in [5.41, 5.74) is 2.70. The molecule has 3 amide bonds. The maximum Gasteiger partial charge on any atom is 0.294 e. The molecular formula is C31H29BrClN3O5S. The van der Waals surface area contributed by atoms with Gasteiger partial charge in [0.1, 0.15) is 13.2 Å². The molecule has 218 valence electrons. The number of carbonyl (C=O) groups excluding carboxylic acids is 3. The lowest BCUT2D eigenvalue weighted by Crippen LogP contribution is -2.51. The zero-order valence-corrected chi connectivity index (χ0v) is 26.1. The van der Waals surface area contributed by atoms with Gasteiger partial charge in [-0.05, 0) is 72.3 Å². The van der Waals surface area contributed by atoms with Crippen molar-refractivity contribution in [1.82, 2.24) is 9.80 Å². The van der Waals surface area contributed by atoms with Crippen LogP contribution in [-0.2, 0) is 16.2 Å². The lowest BCUT2D eigenvalue weighted by atomic mass is 10.1. The average molecular weight is 671 g/mol. The second kappa shape index (κ2) is 13.7. The predicted molar refractivity (Wildman–Crippen MR) is 169 cm³/mol. The summed E-state index contributed by atoms with van der Waals surface area (Å²) < 4.78 is 12.5. The van der Waals surface area contributed by atoms with Crippen LogP contribution in [-0.4, -0.2) is 66.2 Å². The molecule has 0 saturated carbocycles. The fraction of sp³-hybridized carbons (Fsp3) is 0.258. The molecule has 2 aliphatic rings. The Balaban J connectivity index is 1.24. The Kier molecular flexibility index (Phi) is 9.76. The summed E-state index contributed by atoms with van der Waals surface area (Å²) in [6.45, 7) is 4.75. The van der Waals surface area contributed by atoms with E-state index in [1.165, 1.54) is 0 Å². The molecule has 0 bridgehead atoms. The van der Waals surface area contributed by atoms with Crippen LogP contribution in [0, 0.1) is 0 Å². The fourth-order valence-electron chi connectivity index (χ4n) is 4.65. The Bertz CT molecular complexity index is 1490. The largest absolute Gasteiger partial charge is 0.490 e. The minimum atomic E-state index is -0.491. The van der Waals surface area contributed by atoms with Crippen molar-refractivity contribution in [2.75, 3.05) is 44.2 Å². The molecule has 3 aromatic carbocycles. The van der Waals surface area contributed by atoms with Crippen LogP contribution >= 0.6 is 39.3 Å². The molecule has 0 aromatic heterocycles. The Morgan fingerprint density at radius 3 is 2.36 bits per heavy atom. The number of benzene rings is 3. The number of piperazine rings is 1. The maximum absolute atomic E-state index is 13.2. The molecule has 3 aromatic rings. The first-order valence-corrected chi connectivity index (χ1v) is 15.5. The minimum absolute atomic E-state index is 0.236. The third kappa shape index (κ3) is 7.11. The summed E-state index contributed by atoms with van der Waals surface area (Å²) in [5, 5.41) is 0.183. The number of amides is 3. The standard InChI is InChI=1S/C31H29BrClN3O5S/c1-2-40-26-16-22(25(32)18-27(26)41-20-21-8-10-23(33)11-9-21)17-28-30(38)36(31(39)42-28)19-29(37)35-14-12-34(13-15-35)24-6-4-3-5-7-24/h3-11,16-18H,2,12-15,19-20H2,1H3/b28-17+. The van der Waals surface area contributed by atoms with Gasteiger partial charge in [-0.25, -0.2) is 0 Å². The van der Waals surface area contributed by atoms with Gasteiger partial charge in [0.05, 0.1) is 11.5 Å². The van der Waals surface area contributed by atoms with Gasteiger partial charge >= 0.3 is 0 Å². The van der Waals surface area contributed by atoms with E-state index in [9.17, 15) is 14.4 Å². The molecule has 0 unspecified atom stereocenters. The van der Waals surface area contributed by atoms with E-state index in [-0.39, 0.29) is 17.4 Å². The Morgan fingerprint density at radius 1 is 0.976 bits per heavy atom. The SMILES string of the molecule is CCOc1cc(/C=C2/SC(=O)N(CC(=O)N3CCN(c4ccccc4)CC3)C2=O)c(Br)cc1OCc1ccc(Cl)cc1. The Morgan fingerprint density at radius 2 is 1.67 bits per heavy atom. The smallest absolute Gasteiger partial charge is 0.294 e. The van der Waals surface area contributed by atoms with Crippen LogP contribution in [0.1, 0.15) is 18.1 Å². The fourth-order valence-corrected chi connectivity index (χ4v) is 6.04. The number of halogens is 2. The van der Waals surface area contributed by atoms with Crippen LogP contribution in [0.15, 0.2) is 76.1 Å². The summed E-state index contributed by atoms with van der Waals surface area (Å²) >= 11 is 10.4. The first kappa shape index (κ1) is 30.0. The molecule has 0 radical (unpaired) electrons. The summed E-state index contributed by atoms with van der Waals surface area (Å²) in [6.07, 6.45) is 1.63. The molecule has 42 heavy (non-hydrogen) atoms. The van der Waals surface area contributed by atoms with Crippen LogP contribution in [0.4, 0.5) is 10.5 Å². The average Bonchev–Trinajstić information content (AvgIpc) is 3.26. The van der Waals surface area contributed by atoms with E-state index in [4.69, 9.17) is 21.1 Å². The van der Waals surface area contributed by atoms with Gasteiger partial charge in [-0.15, -0.1) is 0 Å². The van der Waals surface area contributed by atoms with Crippen LogP contribution < -0.4 is 14.4 Å². The highest BCUT2D eigenvalue weighted by molar-refractivity contribution is 9.10. The maximum atomic E-state index is 13.2. The third-order valence-electron chi connectivity index (χ3n) is 6.88. The number of ether oxygens (including phenoxy) is 2. The Labute approximate surface area is 262 Å². The Hall–Kier alpha value is -3.47.